The number of hydrogen-bond acceptors (Lipinski definition) is 3. The summed E-state index contributed by atoms with van der Waals surface area (Å²) in [5.41, 5.74) is 0. The van der Waals surface area contributed by atoms with Crippen LogP contribution >= 0.6 is 0 Å². The second-order valence-electron chi connectivity index (χ2n) is 5.73. The van der Waals surface area contributed by atoms with E-state index in [9.17, 15) is 9.00 Å². The normalized spacial score (nSPS) is 34.1. The minimum atomic E-state index is -1.09. The predicted octanol–water partition coefficient (Wildman–Crippen LogP) is 0.846. The maximum atomic E-state index is 12.4. The topological polar surface area (TPSA) is 49.4 Å². The Balaban J connectivity index is 2.72. The largest absolute Gasteiger partial charge is 0.348 e. The molecule has 0 bridgehead atoms. The summed E-state index contributed by atoms with van der Waals surface area (Å²) in [6.07, 6.45) is 2.15. The van der Waals surface area contributed by atoms with Crippen LogP contribution in [0.25, 0.3) is 0 Å². The highest BCUT2D eigenvalue weighted by molar-refractivity contribution is 7.86. The summed E-state index contributed by atoms with van der Waals surface area (Å²) in [6, 6.07) is 0.263. The first-order valence-corrected chi connectivity index (χ1v) is 7.99. The smallest absolute Gasteiger partial charge is 0.234 e. The maximum absolute atomic E-state index is 12.4. The Hall–Kier alpha value is -0.420. The van der Waals surface area contributed by atoms with Gasteiger partial charge in [0.1, 0.15) is 5.75 Å². The fourth-order valence-corrected chi connectivity index (χ4v) is 4.84. The van der Waals surface area contributed by atoms with Crippen LogP contribution < -0.4 is 5.32 Å². The standard InChI is InChI=1S/C13H26N2O2S/c1-9-6-10(2)13(11(7-9)14-3)18(17)8-12(16)15(4)5/h9-11,13-14H,6-8H2,1-5H3. The van der Waals surface area contributed by atoms with Crippen molar-refractivity contribution < 1.29 is 9.00 Å². The van der Waals surface area contributed by atoms with E-state index < -0.39 is 10.8 Å². The zero-order chi connectivity index (χ0) is 13.9. The van der Waals surface area contributed by atoms with Crippen molar-refractivity contribution in [1.82, 2.24) is 10.2 Å². The Kier molecular flexibility index (Phi) is 5.79. The van der Waals surface area contributed by atoms with Gasteiger partial charge in [-0.05, 0) is 31.7 Å². The number of nitrogens with one attached hydrogen (secondary N) is 1. The van der Waals surface area contributed by atoms with Crippen LogP contribution in [0.5, 0.6) is 0 Å². The summed E-state index contributed by atoms with van der Waals surface area (Å²) >= 11 is 0. The zero-order valence-corrected chi connectivity index (χ0v) is 12.9. The second-order valence-corrected chi connectivity index (χ2v) is 7.32. The number of amides is 1. The van der Waals surface area contributed by atoms with Gasteiger partial charge >= 0.3 is 0 Å². The highest BCUT2D eigenvalue weighted by atomic mass is 32.2. The van der Waals surface area contributed by atoms with Gasteiger partial charge in [0.15, 0.2) is 0 Å². The fourth-order valence-electron chi connectivity index (χ4n) is 2.90. The van der Waals surface area contributed by atoms with Gasteiger partial charge in [0, 0.05) is 30.9 Å². The first-order valence-electron chi connectivity index (χ1n) is 6.61. The maximum Gasteiger partial charge on any atom is 0.234 e. The van der Waals surface area contributed by atoms with Crippen LogP contribution in [0.1, 0.15) is 26.7 Å². The van der Waals surface area contributed by atoms with E-state index in [0.717, 1.165) is 12.8 Å². The average Bonchev–Trinajstić information content (AvgIpc) is 2.27. The lowest BCUT2D eigenvalue weighted by Crippen LogP contribution is -2.50. The van der Waals surface area contributed by atoms with Crippen LogP contribution in [0.2, 0.25) is 0 Å². The lowest BCUT2D eigenvalue weighted by Gasteiger charge is -2.38. The van der Waals surface area contributed by atoms with E-state index in [4.69, 9.17) is 0 Å². The van der Waals surface area contributed by atoms with Crippen LogP contribution in [0.15, 0.2) is 0 Å². The zero-order valence-electron chi connectivity index (χ0n) is 12.1. The monoisotopic (exact) mass is 274 g/mol. The third-order valence-corrected chi connectivity index (χ3v) is 5.76. The van der Waals surface area contributed by atoms with Gasteiger partial charge in [-0.25, -0.2) is 0 Å². The molecule has 0 aromatic carbocycles. The molecule has 1 aliphatic rings. The van der Waals surface area contributed by atoms with E-state index in [-0.39, 0.29) is 23.0 Å². The van der Waals surface area contributed by atoms with Crippen LogP contribution in [0, 0.1) is 11.8 Å². The Labute approximate surface area is 113 Å². The predicted molar refractivity (Wildman–Crippen MR) is 75.9 cm³/mol. The Morgan fingerprint density at radius 2 is 1.94 bits per heavy atom. The van der Waals surface area contributed by atoms with Gasteiger partial charge in [0.2, 0.25) is 5.91 Å². The van der Waals surface area contributed by atoms with Gasteiger partial charge in [-0.3, -0.25) is 9.00 Å². The summed E-state index contributed by atoms with van der Waals surface area (Å²) in [7, 11) is 4.26. The molecule has 0 radical (unpaired) electrons. The Morgan fingerprint density at radius 1 is 1.33 bits per heavy atom. The van der Waals surface area contributed by atoms with E-state index in [2.05, 4.69) is 19.2 Å². The van der Waals surface area contributed by atoms with Gasteiger partial charge in [-0.1, -0.05) is 13.8 Å². The molecule has 4 nitrogen and oxygen atoms in total. The summed E-state index contributed by atoms with van der Waals surface area (Å²) in [5.74, 6) is 1.17. The third-order valence-electron chi connectivity index (χ3n) is 3.83. The SMILES string of the molecule is CNC1CC(C)CC(C)C1S(=O)CC(=O)N(C)C. The molecule has 1 N–H and O–H groups in total. The van der Waals surface area contributed by atoms with Crippen molar-refractivity contribution in [2.45, 2.75) is 38.0 Å². The van der Waals surface area contributed by atoms with Crippen molar-refractivity contribution >= 4 is 16.7 Å². The third kappa shape index (κ3) is 3.79. The first kappa shape index (κ1) is 15.6. The van der Waals surface area contributed by atoms with Crippen molar-refractivity contribution in [2.75, 3.05) is 26.9 Å². The van der Waals surface area contributed by atoms with E-state index in [1.807, 2.05) is 7.05 Å². The number of nitrogens with zero attached hydrogens (tertiary/aromatic N) is 1. The van der Waals surface area contributed by atoms with Crippen molar-refractivity contribution in [3.63, 3.8) is 0 Å². The Morgan fingerprint density at radius 3 is 2.44 bits per heavy atom. The van der Waals surface area contributed by atoms with Crippen molar-refractivity contribution in [1.29, 1.82) is 0 Å². The molecule has 0 heterocycles. The molecule has 106 valence electrons. The number of hydrogen-bond donors (Lipinski definition) is 1. The minimum Gasteiger partial charge on any atom is -0.348 e. The molecule has 1 saturated carbocycles. The highest BCUT2D eigenvalue weighted by Gasteiger charge is 2.37. The molecule has 0 saturated heterocycles. The lowest BCUT2D eigenvalue weighted by atomic mass is 9.80. The molecule has 0 aliphatic heterocycles. The van der Waals surface area contributed by atoms with E-state index >= 15 is 0 Å². The molecule has 0 aromatic rings. The van der Waals surface area contributed by atoms with Crippen molar-refractivity contribution in [2.24, 2.45) is 11.8 Å². The molecule has 18 heavy (non-hydrogen) atoms. The molecule has 5 unspecified atom stereocenters. The summed E-state index contributed by atoms with van der Waals surface area (Å²) in [4.78, 5) is 13.2. The average molecular weight is 274 g/mol. The molecular formula is C13H26N2O2S. The molecule has 1 amide bonds. The first-order chi connectivity index (χ1) is 8.36. The number of carbonyl (C=O) groups excluding carboxylic acids is 1. The molecule has 1 rings (SSSR count). The van der Waals surface area contributed by atoms with Crippen LogP contribution in [-0.2, 0) is 15.6 Å². The quantitative estimate of drug-likeness (QED) is 0.827. The molecule has 0 aromatic heterocycles. The number of rotatable bonds is 4. The second kappa shape index (κ2) is 6.66. The molecule has 5 heteroatoms. The minimum absolute atomic E-state index is 0.0472. The fraction of sp³-hybridized carbons (Fsp3) is 0.923. The lowest BCUT2D eigenvalue weighted by molar-refractivity contribution is -0.125. The summed E-state index contributed by atoms with van der Waals surface area (Å²) in [6.45, 7) is 4.40. The van der Waals surface area contributed by atoms with Crippen LogP contribution in [0.3, 0.4) is 0 Å². The van der Waals surface area contributed by atoms with Gasteiger partial charge < -0.3 is 10.2 Å². The van der Waals surface area contributed by atoms with E-state index in [1.54, 1.807) is 14.1 Å². The van der Waals surface area contributed by atoms with Gasteiger partial charge in [-0.2, -0.15) is 0 Å². The van der Waals surface area contributed by atoms with E-state index in [0.29, 0.717) is 11.8 Å². The van der Waals surface area contributed by atoms with E-state index in [1.165, 1.54) is 4.90 Å². The molecule has 1 fully saturated rings. The molecular weight excluding hydrogens is 248 g/mol. The van der Waals surface area contributed by atoms with Crippen LogP contribution in [0.4, 0.5) is 0 Å². The molecule has 1 aliphatic carbocycles. The van der Waals surface area contributed by atoms with Gasteiger partial charge in [0.25, 0.3) is 0 Å². The number of carbonyl (C=O) groups is 1. The van der Waals surface area contributed by atoms with Crippen molar-refractivity contribution in [3.05, 3.63) is 0 Å². The van der Waals surface area contributed by atoms with Gasteiger partial charge in [-0.15, -0.1) is 0 Å². The van der Waals surface area contributed by atoms with Gasteiger partial charge in [0.05, 0.1) is 5.25 Å². The van der Waals surface area contributed by atoms with Crippen molar-refractivity contribution in [3.8, 4) is 0 Å². The summed E-state index contributed by atoms with van der Waals surface area (Å²) < 4.78 is 12.4. The summed E-state index contributed by atoms with van der Waals surface area (Å²) in [5, 5.41) is 3.37. The molecule has 5 atom stereocenters. The van der Waals surface area contributed by atoms with Crippen LogP contribution in [-0.4, -0.2) is 53.2 Å². The Bertz CT molecular complexity index is 320. The molecule has 0 spiro atoms. The highest BCUT2D eigenvalue weighted by Crippen LogP contribution is 2.32.